The number of nitrogens with zero attached hydrogens (tertiary/aromatic N) is 2. The summed E-state index contributed by atoms with van der Waals surface area (Å²) < 4.78 is 17.0. The maximum atomic E-state index is 12.2. The molecule has 1 aromatic carbocycles. The molecular weight excluding hydrogens is 310 g/mol. The van der Waals surface area contributed by atoms with E-state index in [1.54, 1.807) is 4.90 Å². The summed E-state index contributed by atoms with van der Waals surface area (Å²) in [5.74, 6) is 1.80. The van der Waals surface area contributed by atoms with Crippen molar-refractivity contribution in [3.8, 4) is 11.5 Å². The zero-order valence-corrected chi connectivity index (χ0v) is 14.3. The van der Waals surface area contributed by atoms with Crippen molar-refractivity contribution in [1.29, 1.82) is 0 Å². The average Bonchev–Trinajstić information content (AvgIpc) is 2.88. The number of amides is 1. The number of ether oxygens (including phenoxy) is 3. The first-order valence-corrected chi connectivity index (χ1v) is 8.04. The lowest BCUT2D eigenvalue weighted by Gasteiger charge is -2.26. The maximum Gasteiger partial charge on any atom is 0.410 e. The van der Waals surface area contributed by atoms with Crippen LogP contribution in [0.4, 0.5) is 4.79 Å². The molecule has 0 saturated carbocycles. The van der Waals surface area contributed by atoms with Crippen molar-refractivity contribution < 1.29 is 19.0 Å². The molecule has 130 valence electrons. The second-order valence-corrected chi connectivity index (χ2v) is 6.82. The molecule has 24 heavy (non-hydrogen) atoms. The summed E-state index contributed by atoms with van der Waals surface area (Å²) >= 11 is 0. The molecule has 0 radical (unpaired) electrons. The summed E-state index contributed by atoms with van der Waals surface area (Å²) in [4.78, 5) is 18.1. The number of aliphatic imine (C=N–C) groups is 1. The Kier molecular flexibility index (Phi) is 4.26. The number of fused-ring (bicyclic) bond motifs is 2. The predicted octanol–water partition coefficient (Wildman–Crippen LogP) is 1.91. The van der Waals surface area contributed by atoms with Crippen LogP contribution in [0.1, 0.15) is 31.9 Å². The number of benzene rings is 1. The van der Waals surface area contributed by atoms with E-state index in [9.17, 15) is 4.79 Å². The van der Waals surface area contributed by atoms with E-state index >= 15 is 0 Å². The first-order valence-electron chi connectivity index (χ1n) is 8.04. The number of hydrogen-bond donors (Lipinski definition) is 1. The van der Waals surface area contributed by atoms with Crippen LogP contribution in [-0.4, -0.2) is 48.7 Å². The topological polar surface area (TPSA) is 86.4 Å². The van der Waals surface area contributed by atoms with Gasteiger partial charge in [-0.25, -0.2) is 4.79 Å². The van der Waals surface area contributed by atoms with Crippen LogP contribution >= 0.6 is 0 Å². The lowest BCUT2D eigenvalue weighted by molar-refractivity contribution is 0.0213. The molecule has 0 atom stereocenters. The number of nitrogens with two attached hydrogens (primary N) is 1. The van der Waals surface area contributed by atoms with E-state index in [1.165, 1.54) is 0 Å². The lowest BCUT2D eigenvalue weighted by Crippen LogP contribution is -2.40. The van der Waals surface area contributed by atoms with Crippen molar-refractivity contribution in [2.24, 2.45) is 10.7 Å². The van der Waals surface area contributed by atoms with E-state index < -0.39 is 5.60 Å². The quantitative estimate of drug-likeness (QED) is 0.784. The number of carbonyl (C=O) groups is 1. The smallest absolute Gasteiger partial charge is 0.410 e. The molecule has 0 unspecified atom stereocenters. The van der Waals surface area contributed by atoms with E-state index in [2.05, 4.69) is 4.99 Å². The number of rotatable bonds is 0. The van der Waals surface area contributed by atoms with Gasteiger partial charge in [0.1, 0.15) is 24.7 Å². The van der Waals surface area contributed by atoms with Gasteiger partial charge in [0.05, 0.1) is 19.6 Å². The zero-order valence-electron chi connectivity index (χ0n) is 14.3. The molecule has 0 bridgehead atoms. The molecule has 0 spiro atoms. The van der Waals surface area contributed by atoms with Gasteiger partial charge >= 0.3 is 6.09 Å². The third-order valence-electron chi connectivity index (χ3n) is 3.75. The molecule has 2 aliphatic heterocycles. The van der Waals surface area contributed by atoms with Crippen molar-refractivity contribution >= 4 is 11.9 Å². The largest absolute Gasteiger partial charge is 0.488 e. The Morgan fingerprint density at radius 2 is 1.83 bits per heavy atom. The van der Waals surface area contributed by atoms with Crippen molar-refractivity contribution in [3.05, 3.63) is 23.3 Å². The second kappa shape index (κ2) is 6.22. The monoisotopic (exact) mass is 333 g/mol. The fourth-order valence-corrected chi connectivity index (χ4v) is 2.60. The van der Waals surface area contributed by atoms with Gasteiger partial charge in [-0.3, -0.25) is 4.99 Å². The van der Waals surface area contributed by atoms with E-state index in [0.717, 1.165) is 11.1 Å². The van der Waals surface area contributed by atoms with Crippen LogP contribution in [0.15, 0.2) is 17.1 Å². The predicted molar refractivity (Wildman–Crippen MR) is 89.7 cm³/mol. The maximum absolute atomic E-state index is 12.2. The summed E-state index contributed by atoms with van der Waals surface area (Å²) in [6.07, 6.45) is -0.362. The van der Waals surface area contributed by atoms with Crippen LogP contribution in [0.25, 0.3) is 0 Å². The molecule has 0 aliphatic carbocycles. The zero-order chi connectivity index (χ0) is 17.3. The van der Waals surface area contributed by atoms with Crippen LogP contribution < -0.4 is 15.2 Å². The Bertz CT molecular complexity index is 679. The van der Waals surface area contributed by atoms with Gasteiger partial charge in [0.15, 0.2) is 11.5 Å². The van der Waals surface area contributed by atoms with Gasteiger partial charge in [-0.2, -0.15) is 0 Å². The van der Waals surface area contributed by atoms with Gasteiger partial charge in [-0.05, 0) is 38.5 Å². The Morgan fingerprint density at radius 3 is 2.46 bits per heavy atom. The molecule has 1 aromatic rings. The minimum atomic E-state index is -0.530. The van der Waals surface area contributed by atoms with Gasteiger partial charge < -0.3 is 24.8 Å². The van der Waals surface area contributed by atoms with Crippen molar-refractivity contribution in [2.75, 3.05) is 26.3 Å². The highest BCUT2D eigenvalue weighted by molar-refractivity contribution is 6.01. The van der Waals surface area contributed by atoms with Crippen molar-refractivity contribution in [1.82, 2.24) is 4.90 Å². The first-order chi connectivity index (χ1) is 11.3. The average molecular weight is 333 g/mol. The van der Waals surface area contributed by atoms with Gasteiger partial charge in [0.2, 0.25) is 0 Å². The molecule has 1 amide bonds. The minimum absolute atomic E-state index is 0.353. The number of carbonyl (C=O) groups excluding carboxylic acids is 1. The molecule has 2 heterocycles. The van der Waals surface area contributed by atoms with E-state index in [-0.39, 0.29) is 6.09 Å². The summed E-state index contributed by atoms with van der Waals surface area (Å²) in [5, 5.41) is 0. The molecule has 0 aromatic heterocycles. The van der Waals surface area contributed by atoms with Crippen LogP contribution in [0.5, 0.6) is 11.5 Å². The van der Waals surface area contributed by atoms with Gasteiger partial charge in [0, 0.05) is 5.56 Å². The highest BCUT2D eigenvalue weighted by atomic mass is 16.6. The highest BCUT2D eigenvalue weighted by Crippen LogP contribution is 2.34. The van der Waals surface area contributed by atoms with Crippen molar-refractivity contribution in [3.63, 3.8) is 0 Å². The Balaban J connectivity index is 1.72. The standard InChI is InChI=1S/C17H23N3O4/c1-17(2,3)24-16(21)20-4-6-22-13-8-11-10-19-15(18)12(11)9-14(13)23-7-5-20/h8-9H,4-7,10H2,1-3H3,(H2,18,19). The Labute approximate surface area is 141 Å². The molecule has 7 nitrogen and oxygen atoms in total. The van der Waals surface area contributed by atoms with Crippen LogP contribution in [0.3, 0.4) is 0 Å². The summed E-state index contributed by atoms with van der Waals surface area (Å²) in [6, 6.07) is 3.77. The number of amidine groups is 1. The van der Waals surface area contributed by atoms with Crippen LogP contribution in [0.2, 0.25) is 0 Å². The molecule has 2 aliphatic rings. The lowest BCUT2D eigenvalue weighted by atomic mass is 10.1. The normalized spacial score (nSPS) is 17.3. The fraction of sp³-hybridized carbons (Fsp3) is 0.529. The molecule has 7 heteroatoms. The summed E-state index contributed by atoms with van der Waals surface area (Å²) in [6.45, 7) is 7.68. The SMILES string of the molecule is CC(C)(C)OC(=O)N1CCOc2cc3c(cc2OCC1)C(N)=NC3. The Morgan fingerprint density at radius 1 is 1.21 bits per heavy atom. The third kappa shape index (κ3) is 3.55. The van der Waals surface area contributed by atoms with E-state index in [1.807, 2.05) is 32.9 Å². The van der Waals surface area contributed by atoms with E-state index in [0.29, 0.717) is 50.2 Å². The number of hydrogen-bond acceptors (Lipinski definition) is 6. The summed E-state index contributed by atoms with van der Waals surface area (Å²) in [5.41, 5.74) is 7.27. The fourth-order valence-electron chi connectivity index (χ4n) is 2.60. The van der Waals surface area contributed by atoms with Crippen LogP contribution in [-0.2, 0) is 11.3 Å². The minimum Gasteiger partial charge on any atom is -0.488 e. The molecule has 2 N–H and O–H groups in total. The highest BCUT2D eigenvalue weighted by Gasteiger charge is 2.24. The van der Waals surface area contributed by atoms with Gasteiger partial charge in [0.25, 0.3) is 0 Å². The van der Waals surface area contributed by atoms with Crippen molar-refractivity contribution in [2.45, 2.75) is 32.9 Å². The molecule has 0 fully saturated rings. The van der Waals surface area contributed by atoms with Gasteiger partial charge in [-0.1, -0.05) is 0 Å². The molecular formula is C17H23N3O4. The second-order valence-electron chi connectivity index (χ2n) is 6.82. The third-order valence-corrected chi connectivity index (χ3v) is 3.75. The summed E-state index contributed by atoms with van der Waals surface area (Å²) in [7, 11) is 0. The molecule has 0 saturated heterocycles. The Hall–Kier alpha value is -2.44. The van der Waals surface area contributed by atoms with Crippen LogP contribution in [0, 0.1) is 0 Å². The first kappa shape index (κ1) is 16.4. The molecule has 3 rings (SSSR count). The van der Waals surface area contributed by atoms with E-state index in [4.69, 9.17) is 19.9 Å². The van der Waals surface area contributed by atoms with Gasteiger partial charge in [-0.15, -0.1) is 0 Å².